The third kappa shape index (κ3) is 5.27. The Labute approximate surface area is 82.7 Å². The van der Waals surface area contributed by atoms with E-state index in [0.29, 0.717) is 0 Å². The molecule has 0 aromatic heterocycles. The first kappa shape index (κ1) is 11.0. The zero-order valence-electron chi connectivity index (χ0n) is 9.02. The van der Waals surface area contributed by atoms with E-state index in [1.54, 1.807) is 0 Å². The number of nitrogens with one attached hydrogen (secondary N) is 1. The van der Waals surface area contributed by atoms with Crippen molar-refractivity contribution < 1.29 is 0 Å². The van der Waals surface area contributed by atoms with Crippen LogP contribution < -0.4 is 5.32 Å². The Morgan fingerprint density at radius 2 is 1.85 bits per heavy atom. The molecule has 0 radical (unpaired) electrons. The summed E-state index contributed by atoms with van der Waals surface area (Å²) >= 11 is 0. The Morgan fingerprint density at radius 1 is 1.08 bits per heavy atom. The summed E-state index contributed by atoms with van der Waals surface area (Å²) in [7, 11) is 0. The first-order valence-electron chi connectivity index (χ1n) is 5.86. The largest absolute Gasteiger partial charge is 0.303 e. The topological polar surface area (TPSA) is 15.3 Å². The van der Waals surface area contributed by atoms with Crippen molar-refractivity contribution in [2.45, 2.75) is 45.4 Å². The highest BCUT2D eigenvalue weighted by molar-refractivity contribution is 4.65. The number of rotatable bonds is 7. The van der Waals surface area contributed by atoms with E-state index in [1.165, 1.54) is 58.2 Å². The van der Waals surface area contributed by atoms with Crippen molar-refractivity contribution in [2.75, 3.05) is 26.3 Å². The quantitative estimate of drug-likeness (QED) is 0.610. The molecule has 2 nitrogen and oxygen atoms in total. The lowest BCUT2D eigenvalue weighted by atomic mass is 10.1. The van der Waals surface area contributed by atoms with Crippen LogP contribution in [0, 0.1) is 0 Å². The Morgan fingerprint density at radius 3 is 2.54 bits per heavy atom. The molecule has 0 unspecified atom stereocenters. The van der Waals surface area contributed by atoms with E-state index in [2.05, 4.69) is 17.1 Å². The van der Waals surface area contributed by atoms with Crippen LogP contribution in [0.4, 0.5) is 0 Å². The molecule has 1 rings (SSSR count). The van der Waals surface area contributed by atoms with Crippen molar-refractivity contribution in [3.8, 4) is 0 Å². The van der Waals surface area contributed by atoms with Gasteiger partial charge in [-0.15, -0.1) is 0 Å². The molecule has 1 aliphatic rings. The maximum Gasteiger partial charge on any atom is 0.0481 e. The summed E-state index contributed by atoms with van der Waals surface area (Å²) in [5, 5.41) is 3.36. The van der Waals surface area contributed by atoms with Crippen LogP contribution in [0.25, 0.3) is 0 Å². The molecule has 0 atom stereocenters. The number of nitrogens with zero attached hydrogens (tertiary/aromatic N) is 1. The molecule has 0 aromatic carbocycles. The van der Waals surface area contributed by atoms with Gasteiger partial charge < -0.3 is 5.32 Å². The molecule has 2 heteroatoms. The molecule has 1 saturated heterocycles. The summed E-state index contributed by atoms with van der Waals surface area (Å²) in [5.41, 5.74) is 0. The van der Waals surface area contributed by atoms with Crippen molar-refractivity contribution in [3.05, 3.63) is 0 Å². The van der Waals surface area contributed by atoms with Crippen molar-refractivity contribution in [3.63, 3.8) is 0 Å². The Bertz CT molecular complexity index is 109. The first-order valence-corrected chi connectivity index (χ1v) is 5.86. The minimum absolute atomic E-state index is 1.12. The first-order chi connectivity index (χ1) is 6.43. The minimum atomic E-state index is 1.12. The predicted octanol–water partition coefficient (Wildman–Crippen LogP) is 2.21. The fraction of sp³-hybridized carbons (Fsp3) is 1.00. The maximum absolute atomic E-state index is 3.36. The van der Waals surface area contributed by atoms with Crippen molar-refractivity contribution in [2.24, 2.45) is 0 Å². The van der Waals surface area contributed by atoms with Gasteiger partial charge in [0.15, 0.2) is 0 Å². The average Bonchev–Trinajstić information content (AvgIpc) is 2.63. The summed E-state index contributed by atoms with van der Waals surface area (Å²) in [5.74, 6) is 0. The summed E-state index contributed by atoms with van der Waals surface area (Å²) in [6.45, 7) is 7.15. The van der Waals surface area contributed by atoms with Gasteiger partial charge in [-0.25, -0.2) is 0 Å². The Hall–Kier alpha value is -0.0800. The predicted molar refractivity (Wildman–Crippen MR) is 57.8 cm³/mol. The molecule has 0 aromatic rings. The summed E-state index contributed by atoms with van der Waals surface area (Å²) < 4.78 is 0. The molecule has 13 heavy (non-hydrogen) atoms. The van der Waals surface area contributed by atoms with E-state index in [0.717, 1.165) is 6.67 Å². The van der Waals surface area contributed by atoms with Gasteiger partial charge in [0.25, 0.3) is 0 Å². The van der Waals surface area contributed by atoms with Gasteiger partial charge in [0.1, 0.15) is 0 Å². The van der Waals surface area contributed by atoms with Gasteiger partial charge in [0.2, 0.25) is 0 Å². The van der Waals surface area contributed by atoms with Crippen molar-refractivity contribution in [1.82, 2.24) is 10.2 Å². The molecule has 0 saturated carbocycles. The highest BCUT2D eigenvalue weighted by atomic mass is 15.3. The smallest absolute Gasteiger partial charge is 0.0481 e. The molecule has 1 N–H and O–H groups in total. The van der Waals surface area contributed by atoms with Gasteiger partial charge in [-0.3, -0.25) is 4.90 Å². The molecular formula is C11H24N2. The Balaban J connectivity index is 1.78. The van der Waals surface area contributed by atoms with Crippen LogP contribution in [0.5, 0.6) is 0 Å². The van der Waals surface area contributed by atoms with Crippen LogP contribution in [0.15, 0.2) is 0 Å². The van der Waals surface area contributed by atoms with E-state index in [9.17, 15) is 0 Å². The SMILES string of the molecule is CCCCCCCCN1CCNC1. The van der Waals surface area contributed by atoms with Gasteiger partial charge >= 0.3 is 0 Å². The lowest BCUT2D eigenvalue weighted by molar-refractivity contribution is 0.324. The zero-order valence-corrected chi connectivity index (χ0v) is 9.02. The third-order valence-electron chi connectivity index (χ3n) is 2.77. The van der Waals surface area contributed by atoms with Crippen LogP contribution in [0.3, 0.4) is 0 Å². The maximum atomic E-state index is 3.36. The van der Waals surface area contributed by atoms with Crippen LogP contribution in [-0.2, 0) is 0 Å². The van der Waals surface area contributed by atoms with E-state index in [-0.39, 0.29) is 0 Å². The average molecular weight is 184 g/mol. The second-order valence-corrected chi connectivity index (χ2v) is 4.04. The highest BCUT2D eigenvalue weighted by Gasteiger charge is 2.08. The standard InChI is InChI=1S/C11H24N2/c1-2-3-4-5-6-7-9-13-10-8-12-11-13/h12H,2-11H2,1H3. The van der Waals surface area contributed by atoms with Gasteiger partial charge in [0, 0.05) is 19.8 Å². The minimum Gasteiger partial charge on any atom is -0.303 e. The van der Waals surface area contributed by atoms with Crippen molar-refractivity contribution in [1.29, 1.82) is 0 Å². The summed E-state index contributed by atoms with van der Waals surface area (Å²) in [4.78, 5) is 2.51. The fourth-order valence-corrected chi connectivity index (χ4v) is 1.86. The molecule has 0 bridgehead atoms. The van der Waals surface area contributed by atoms with Gasteiger partial charge in [-0.2, -0.15) is 0 Å². The molecule has 0 aliphatic carbocycles. The molecule has 1 fully saturated rings. The second kappa shape index (κ2) is 7.34. The van der Waals surface area contributed by atoms with Gasteiger partial charge in [-0.05, 0) is 13.0 Å². The molecule has 1 aliphatic heterocycles. The molecule has 1 heterocycles. The van der Waals surface area contributed by atoms with Crippen molar-refractivity contribution >= 4 is 0 Å². The van der Waals surface area contributed by atoms with E-state index in [1.807, 2.05) is 0 Å². The molecular weight excluding hydrogens is 160 g/mol. The molecule has 0 amide bonds. The lowest BCUT2D eigenvalue weighted by Crippen LogP contribution is -2.22. The fourth-order valence-electron chi connectivity index (χ4n) is 1.86. The van der Waals surface area contributed by atoms with Crippen LogP contribution in [-0.4, -0.2) is 31.2 Å². The summed E-state index contributed by atoms with van der Waals surface area (Å²) in [6.07, 6.45) is 8.48. The zero-order chi connectivity index (χ0) is 9.36. The van der Waals surface area contributed by atoms with Crippen LogP contribution >= 0.6 is 0 Å². The lowest BCUT2D eigenvalue weighted by Gasteiger charge is -2.12. The highest BCUT2D eigenvalue weighted by Crippen LogP contribution is 2.06. The van der Waals surface area contributed by atoms with Gasteiger partial charge in [0.05, 0.1) is 0 Å². The number of hydrogen-bond acceptors (Lipinski definition) is 2. The van der Waals surface area contributed by atoms with E-state index in [4.69, 9.17) is 0 Å². The second-order valence-electron chi connectivity index (χ2n) is 4.04. The normalized spacial score (nSPS) is 18.2. The molecule has 78 valence electrons. The monoisotopic (exact) mass is 184 g/mol. The molecule has 0 spiro atoms. The van der Waals surface area contributed by atoms with E-state index < -0.39 is 0 Å². The third-order valence-corrected chi connectivity index (χ3v) is 2.77. The van der Waals surface area contributed by atoms with Crippen LogP contribution in [0.1, 0.15) is 45.4 Å². The number of hydrogen-bond donors (Lipinski definition) is 1. The van der Waals surface area contributed by atoms with Gasteiger partial charge in [-0.1, -0.05) is 39.0 Å². The Kier molecular flexibility index (Phi) is 6.21. The number of unbranched alkanes of at least 4 members (excludes halogenated alkanes) is 5. The summed E-state index contributed by atoms with van der Waals surface area (Å²) in [6, 6.07) is 0. The van der Waals surface area contributed by atoms with Crippen LogP contribution in [0.2, 0.25) is 0 Å². The van der Waals surface area contributed by atoms with E-state index >= 15 is 0 Å².